The third-order valence-electron chi connectivity index (χ3n) is 1.15. The molecule has 3 heteroatoms. The molecule has 0 radical (unpaired) electrons. The van der Waals surface area contributed by atoms with Crippen LogP contribution in [0.1, 0.15) is 0 Å². The van der Waals surface area contributed by atoms with Crippen molar-refractivity contribution in [2.75, 3.05) is 5.33 Å². The van der Waals surface area contributed by atoms with Crippen LogP contribution in [0.4, 0.5) is 0 Å². The Labute approximate surface area is 68.7 Å². The van der Waals surface area contributed by atoms with Crippen LogP contribution in [0, 0.1) is 0 Å². The van der Waals surface area contributed by atoms with Crippen molar-refractivity contribution >= 4 is 15.9 Å². The van der Waals surface area contributed by atoms with Gasteiger partial charge in [0, 0.05) is 24.3 Å². The molecular formula is C7H9BrN2. The molecule has 0 saturated heterocycles. The molecule has 2 nitrogen and oxygen atoms in total. The van der Waals surface area contributed by atoms with Gasteiger partial charge < -0.3 is 4.57 Å². The van der Waals surface area contributed by atoms with E-state index in [1.165, 1.54) is 0 Å². The van der Waals surface area contributed by atoms with Gasteiger partial charge in [-0.15, -0.1) is 0 Å². The van der Waals surface area contributed by atoms with Crippen molar-refractivity contribution in [1.82, 2.24) is 9.55 Å². The van der Waals surface area contributed by atoms with Crippen molar-refractivity contribution in [2.45, 2.75) is 6.54 Å². The van der Waals surface area contributed by atoms with Gasteiger partial charge in [0.1, 0.15) is 0 Å². The molecule has 0 unspecified atom stereocenters. The second kappa shape index (κ2) is 3.56. The Hall–Kier alpha value is -0.570. The lowest BCUT2D eigenvalue weighted by Crippen LogP contribution is -1.97. The van der Waals surface area contributed by atoms with Gasteiger partial charge in [-0.2, -0.15) is 0 Å². The third kappa shape index (κ3) is 1.99. The number of hydrogen-bond donors (Lipinski definition) is 0. The van der Waals surface area contributed by atoms with Crippen molar-refractivity contribution < 1.29 is 0 Å². The van der Waals surface area contributed by atoms with Gasteiger partial charge in [0.2, 0.25) is 0 Å². The molecule has 0 aromatic carbocycles. The quantitative estimate of drug-likeness (QED) is 0.538. The van der Waals surface area contributed by atoms with Crippen molar-refractivity contribution in [3.05, 3.63) is 30.9 Å². The number of rotatable bonds is 3. The van der Waals surface area contributed by atoms with Crippen LogP contribution in [-0.4, -0.2) is 14.9 Å². The zero-order chi connectivity index (χ0) is 7.40. The van der Waals surface area contributed by atoms with Crippen LogP contribution < -0.4 is 0 Å². The van der Waals surface area contributed by atoms with Gasteiger partial charge >= 0.3 is 0 Å². The second-order valence-corrected chi connectivity index (χ2v) is 2.68. The van der Waals surface area contributed by atoms with Gasteiger partial charge in [0.25, 0.3) is 0 Å². The predicted octanol–water partition coefficient (Wildman–Crippen LogP) is 1.83. The largest absolute Gasteiger partial charge is 0.333 e. The lowest BCUT2D eigenvalue weighted by Gasteiger charge is -2.00. The van der Waals surface area contributed by atoms with E-state index in [4.69, 9.17) is 0 Å². The number of imidazole rings is 1. The number of allylic oxidation sites excluding steroid dienone is 1. The smallest absolute Gasteiger partial charge is 0.0948 e. The molecule has 10 heavy (non-hydrogen) atoms. The van der Waals surface area contributed by atoms with E-state index >= 15 is 0 Å². The Morgan fingerprint density at radius 2 is 2.50 bits per heavy atom. The minimum absolute atomic E-state index is 0.852. The predicted molar refractivity (Wildman–Crippen MR) is 45.2 cm³/mol. The minimum Gasteiger partial charge on any atom is -0.333 e. The van der Waals surface area contributed by atoms with E-state index in [2.05, 4.69) is 27.5 Å². The first-order chi connectivity index (χ1) is 4.83. The van der Waals surface area contributed by atoms with Gasteiger partial charge in [-0.1, -0.05) is 22.5 Å². The summed E-state index contributed by atoms with van der Waals surface area (Å²) >= 11 is 3.33. The number of halogens is 1. The van der Waals surface area contributed by atoms with Crippen LogP contribution in [0.5, 0.6) is 0 Å². The topological polar surface area (TPSA) is 17.8 Å². The highest BCUT2D eigenvalue weighted by Crippen LogP contribution is 1.99. The molecule has 1 aromatic rings. The SMILES string of the molecule is C=C(CBr)Cn1ccnc1. The van der Waals surface area contributed by atoms with E-state index in [0.29, 0.717) is 0 Å². The standard InChI is InChI=1S/C7H9BrN2/c1-7(4-8)5-10-3-2-9-6-10/h2-3,6H,1,4-5H2. The summed E-state index contributed by atoms with van der Waals surface area (Å²) in [6, 6.07) is 0. The molecule has 1 rings (SSSR count). The summed E-state index contributed by atoms with van der Waals surface area (Å²) in [5.74, 6) is 0. The summed E-state index contributed by atoms with van der Waals surface area (Å²) in [5, 5.41) is 0.852. The van der Waals surface area contributed by atoms with E-state index in [0.717, 1.165) is 17.4 Å². The zero-order valence-electron chi connectivity index (χ0n) is 5.63. The number of aromatic nitrogens is 2. The molecule has 0 N–H and O–H groups in total. The Morgan fingerprint density at radius 1 is 1.70 bits per heavy atom. The Kier molecular flexibility index (Phi) is 2.68. The molecule has 0 fully saturated rings. The zero-order valence-corrected chi connectivity index (χ0v) is 7.21. The van der Waals surface area contributed by atoms with E-state index < -0.39 is 0 Å². The second-order valence-electron chi connectivity index (χ2n) is 2.12. The molecule has 0 bridgehead atoms. The molecule has 0 aliphatic rings. The van der Waals surface area contributed by atoms with Gasteiger partial charge in [0.05, 0.1) is 6.33 Å². The average Bonchev–Trinajstić information content (AvgIpc) is 2.40. The Bertz CT molecular complexity index is 203. The molecule has 0 amide bonds. The summed E-state index contributed by atoms with van der Waals surface area (Å²) in [5.41, 5.74) is 1.15. The molecule has 54 valence electrons. The van der Waals surface area contributed by atoms with Gasteiger partial charge in [-0.3, -0.25) is 0 Å². The molecule has 0 atom stereocenters. The fourth-order valence-corrected chi connectivity index (χ4v) is 0.858. The summed E-state index contributed by atoms with van der Waals surface area (Å²) in [6.45, 7) is 4.70. The minimum atomic E-state index is 0.852. The van der Waals surface area contributed by atoms with Crippen LogP contribution in [-0.2, 0) is 6.54 Å². The van der Waals surface area contributed by atoms with Crippen molar-refractivity contribution in [3.63, 3.8) is 0 Å². The van der Waals surface area contributed by atoms with E-state index in [-0.39, 0.29) is 0 Å². The number of alkyl halides is 1. The van der Waals surface area contributed by atoms with Crippen molar-refractivity contribution in [1.29, 1.82) is 0 Å². The van der Waals surface area contributed by atoms with Crippen LogP contribution in [0.15, 0.2) is 30.9 Å². The molecule has 1 heterocycles. The van der Waals surface area contributed by atoms with Crippen molar-refractivity contribution in [3.8, 4) is 0 Å². The lowest BCUT2D eigenvalue weighted by atomic mass is 10.3. The molecule has 0 aliphatic carbocycles. The lowest BCUT2D eigenvalue weighted by molar-refractivity contribution is 0.788. The molecule has 0 aliphatic heterocycles. The van der Waals surface area contributed by atoms with E-state index in [1.54, 1.807) is 12.5 Å². The van der Waals surface area contributed by atoms with Crippen LogP contribution in [0.3, 0.4) is 0 Å². The monoisotopic (exact) mass is 200 g/mol. The molecule has 0 saturated carbocycles. The average molecular weight is 201 g/mol. The Morgan fingerprint density at radius 3 is 3.00 bits per heavy atom. The highest BCUT2D eigenvalue weighted by atomic mass is 79.9. The maximum Gasteiger partial charge on any atom is 0.0948 e. The third-order valence-corrected chi connectivity index (χ3v) is 1.95. The first-order valence-electron chi connectivity index (χ1n) is 3.01. The van der Waals surface area contributed by atoms with E-state index in [9.17, 15) is 0 Å². The van der Waals surface area contributed by atoms with Gasteiger partial charge in [-0.05, 0) is 5.57 Å². The number of hydrogen-bond acceptors (Lipinski definition) is 1. The summed E-state index contributed by atoms with van der Waals surface area (Å²) in [4.78, 5) is 3.92. The normalized spacial score (nSPS) is 9.70. The van der Waals surface area contributed by atoms with Gasteiger partial charge in [-0.25, -0.2) is 4.98 Å². The summed E-state index contributed by atoms with van der Waals surface area (Å²) in [7, 11) is 0. The van der Waals surface area contributed by atoms with Crippen molar-refractivity contribution in [2.24, 2.45) is 0 Å². The first-order valence-corrected chi connectivity index (χ1v) is 4.13. The highest BCUT2D eigenvalue weighted by Gasteiger charge is 1.91. The fourth-order valence-electron chi connectivity index (χ4n) is 0.681. The maximum absolute atomic E-state index is 3.92. The summed E-state index contributed by atoms with van der Waals surface area (Å²) < 4.78 is 1.99. The molecule has 1 aromatic heterocycles. The molecule has 0 spiro atoms. The maximum atomic E-state index is 3.92. The van der Waals surface area contributed by atoms with Crippen LogP contribution in [0.2, 0.25) is 0 Å². The van der Waals surface area contributed by atoms with Crippen LogP contribution >= 0.6 is 15.9 Å². The number of nitrogens with zero attached hydrogens (tertiary/aromatic N) is 2. The first kappa shape index (κ1) is 7.54. The highest BCUT2D eigenvalue weighted by molar-refractivity contribution is 9.09. The molecular weight excluding hydrogens is 192 g/mol. The summed E-state index contributed by atoms with van der Waals surface area (Å²) in [6.07, 6.45) is 5.48. The fraction of sp³-hybridized carbons (Fsp3) is 0.286. The van der Waals surface area contributed by atoms with E-state index in [1.807, 2.05) is 10.8 Å². The van der Waals surface area contributed by atoms with Crippen LogP contribution in [0.25, 0.3) is 0 Å². The Balaban J connectivity index is 2.48. The van der Waals surface area contributed by atoms with Gasteiger partial charge in [0.15, 0.2) is 0 Å².